The van der Waals surface area contributed by atoms with E-state index in [1.807, 2.05) is 13.8 Å². The van der Waals surface area contributed by atoms with Gasteiger partial charge < -0.3 is 5.32 Å². The quantitative estimate of drug-likeness (QED) is 0.746. The maximum atomic E-state index is 12.9. The van der Waals surface area contributed by atoms with Gasteiger partial charge in [-0.25, -0.2) is 17.1 Å². The van der Waals surface area contributed by atoms with Gasteiger partial charge in [-0.3, -0.25) is 0 Å². The predicted octanol–water partition coefficient (Wildman–Crippen LogP) is 1.90. The first-order chi connectivity index (χ1) is 9.34. The van der Waals surface area contributed by atoms with Crippen LogP contribution in [-0.2, 0) is 16.6 Å². The van der Waals surface area contributed by atoms with E-state index in [0.29, 0.717) is 19.6 Å². The van der Waals surface area contributed by atoms with Crippen molar-refractivity contribution in [2.75, 3.05) is 25.9 Å². The highest BCUT2D eigenvalue weighted by atomic mass is 32.2. The molecule has 1 aromatic rings. The van der Waals surface area contributed by atoms with Gasteiger partial charge >= 0.3 is 0 Å². The van der Waals surface area contributed by atoms with Crippen LogP contribution in [0.3, 0.4) is 0 Å². The lowest BCUT2D eigenvalue weighted by Gasteiger charge is -2.17. The minimum Gasteiger partial charge on any atom is -0.313 e. The van der Waals surface area contributed by atoms with Gasteiger partial charge in [-0.05, 0) is 43.1 Å². The molecule has 0 aromatic heterocycles. The van der Waals surface area contributed by atoms with Crippen LogP contribution in [-0.4, -0.2) is 38.6 Å². The maximum absolute atomic E-state index is 12.9. The van der Waals surface area contributed by atoms with Crippen molar-refractivity contribution in [3.8, 4) is 0 Å². The zero-order valence-corrected chi connectivity index (χ0v) is 13.1. The molecule has 0 saturated carbocycles. The molecule has 1 rings (SSSR count). The molecule has 6 heteroatoms. The number of rotatable bonds is 8. The summed E-state index contributed by atoms with van der Waals surface area (Å²) in [5.74, 6) is -0.224. The smallest absolute Gasteiger partial charge is 0.211 e. The average molecular weight is 302 g/mol. The molecular formula is C14H23FN2O2S. The number of halogens is 1. The zero-order valence-electron chi connectivity index (χ0n) is 12.3. The molecular weight excluding hydrogens is 279 g/mol. The molecule has 0 radical (unpaired) electrons. The Kier molecular flexibility index (Phi) is 6.58. The van der Waals surface area contributed by atoms with Crippen molar-refractivity contribution < 1.29 is 12.8 Å². The summed E-state index contributed by atoms with van der Waals surface area (Å²) in [6.45, 7) is 6.11. The number of sulfonamides is 1. The lowest BCUT2D eigenvalue weighted by Crippen LogP contribution is -2.32. The third-order valence-electron chi connectivity index (χ3n) is 3.20. The summed E-state index contributed by atoms with van der Waals surface area (Å²) >= 11 is 0. The summed E-state index contributed by atoms with van der Waals surface area (Å²) in [4.78, 5) is 0. The van der Waals surface area contributed by atoms with Crippen LogP contribution in [0.5, 0.6) is 0 Å². The van der Waals surface area contributed by atoms with Crippen LogP contribution in [0, 0.1) is 12.7 Å². The molecule has 0 aliphatic heterocycles. The summed E-state index contributed by atoms with van der Waals surface area (Å²) in [5, 5.41) is 3.25. The van der Waals surface area contributed by atoms with Gasteiger partial charge in [0.05, 0.1) is 6.26 Å². The van der Waals surface area contributed by atoms with Gasteiger partial charge in [0.1, 0.15) is 5.82 Å². The van der Waals surface area contributed by atoms with E-state index in [2.05, 4.69) is 5.32 Å². The molecule has 0 spiro atoms. The highest BCUT2D eigenvalue weighted by Gasteiger charge is 2.12. The maximum Gasteiger partial charge on any atom is 0.211 e. The third-order valence-corrected chi connectivity index (χ3v) is 4.58. The molecule has 0 aliphatic carbocycles. The van der Waals surface area contributed by atoms with Crippen LogP contribution in [0.2, 0.25) is 0 Å². The topological polar surface area (TPSA) is 49.4 Å². The fraction of sp³-hybridized carbons (Fsp3) is 0.571. The molecule has 0 atom stereocenters. The zero-order chi connectivity index (χ0) is 15.2. The predicted molar refractivity (Wildman–Crippen MR) is 79.6 cm³/mol. The third kappa shape index (κ3) is 5.56. The lowest BCUT2D eigenvalue weighted by molar-refractivity contribution is 0.419. The molecule has 0 bridgehead atoms. The van der Waals surface area contributed by atoms with E-state index < -0.39 is 10.0 Å². The molecule has 0 heterocycles. The van der Waals surface area contributed by atoms with E-state index in [1.165, 1.54) is 22.7 Å². The molecule has 0 unspecified atom stereocenters. The molecule has 0 amide bonds. The summed E-state index contributed by atoms with van der Waals surface area (Å²) < 4.78 is 37.2. The number of nitrogens with one attached hydrogen (secondary N) is 1. The van der Waals surface area contributed by atoms with Gasteiger partial charge in [0.15, 0.2) is 0 Å². The monoisotopic (exact) mass is 302 g/mol. The van der Waals surface area contributed by atoms with Crippen LogP contribution >= 0.6 is 0 Å². The minimum absolute atomic E-state index is 0.224. The van der Waals surface area contributed by atoms with Crippen LogP contribution in [0.4, 0.5) is 4.39 Å². The highest BCUT2D eigenvalue weighted by molar-refractivity contribution is 7.88. The Morgan fingerprint density at radius 1 is 1.35 bits per heavy atom. The average Bonchev–Trinajstić information content (AvgIpc) is 2.34. The van der Waals surface area contributed by atoms with Gasteiger partial charge in [-0.15, -0.1) is 0 Å². The van der Waals surface area contributed by atoms with Crippen molar-refractivity contribution >= 4 is 10.0 Å². The van der Waals surface area contributed by atoms with E-state index in [4.69, 9.17) is 0 Å². The first kappa shape index (κ1) is 17.1. The van der Waals surface area contributed by atoms with Crippen molar-refractivity contribution in [1.29, 1.82) is 0 Å². The molecule has 114 valence electrons. The summed E-state index contributed by atoms with van der Waals surface area (Å²) in [5.41, 5.74) is 1.98. The van der Waals surface area contributed by atoms with Gasteiger partial charge in [0.25, 0.3) is 0 Å². The van der Waals surface area contributed by atoms with Crippen molar-refractivity contribution in [2.45, 2.75) is 26.8 Å². The molecule has 0 aliphatic rings. The Hall–Kier alpha value is -0.980. The molecule has 4 nitrogen and oxygen atoms in total. The second kappa shape index (κ2) is 7.71. The normalized spacial score (nSPS) is 12.1. The van der Waals surface area contributed by atoms with Crippen LogP contribution < -0.4 is 5.32 Å². The van der Waals surface area contributed by atoms with E-state index in [0.717, 1.165) is 24.1 Å². The molecule has 1 N–H and O–H groups in total. The largest absolute Gasteiger partial charge is 0.313 e. The summed E-state index contributed by atoms with van der Waals surface area (Å²) in [7, 11) is -3.10. The second-order valence-corrected chi connectivity index (χ2v) is 6.84. The fourth-order valence-electron chi connectivity index (χ4n) is 2.02. The van der Waals surface area contributed by atoms with Gasteiger partial charge in [0, 0.05) is 19.6 Å². The lowest BCUT2D eigenvalue weighted by atomic mass is 10.1. The van der Waals surface area contributed by atoms with Crippen LogP contribution in [0.25, 0.3) is 0 Å². The summed E-state index contributed by atoms with van der Waals surface area (Å²) in [6.07, 6.45) is 1.98. The van der Waals surface area contributed by atoms with Crippen molar-refractivity contribution in [3.05, 3.63) is 35.1 Å². The Bertz CT molecular complexity index is 532. The Balaban J connectivity index is 2.32. The molecule has 0 saturated heterocycles. The number of nitrogens with zero attached hydrogens (tertiary/aromatic N) is 1. The summed E-state index contributed by atoms with van der Waals surface area (Å²) in [6, 6.07) is 4.73. The van der Waals surface area contributed by atoms with Crippen molar-refractivity contribution in [2.24, 2.45) is 0 Å². The number of aryl methyl sites for hydroxylation is 1. The number of hydrogen-bond donors (Lipinski definition) is 1. The number of hydrogen-bond acceptors (Lipinski definition) is 3. The van der Waals surface area contributed by atoms with E-state index >= 15 is 0 Å². The second-order valence-electron chi connectivity index (χ2n) is 4.86. The Labute approximate surface area is 121 Å². The van der Waals surface area contributed by atoms with E-state index in [1.54, 1.807) is 6.07 Å². The van der Waals surface area contributed by atoms with Crippen molar-refractivity contribution in [1.82, 2.24) is 9.62 Å². The van der Waals surface area contributed by atoms with Crippen LogP contribution in [0.1, 0.15) is 24.5 Å². The number of benzene rings is 1. The standard InChI is InChI=1S/C14H23FN2O2S/c1-4-17(20(3,18)19)9-5-8-16-11-13-6-7-14(15)10-12(13)2/h6-7,10,16H,4-5,8-9,11H2,1-3H3. The highest BCUT2D eigenvalue weighted by Crippen LogP contribution is 2.09. The van der Waals surface area contributed by atoms with Gasteiger partial charge in [0.2, 0.25) is 10.0 Å². The van der Waals surface area contributed by atoms with Gasteiger partial charge in [-0.2, -0.15) is 0 Å². The Morgan fingerprint density at radius 2 is 2.05 bits per heavy atom. The molecule has 1 aromatic carbocycles. The van der Waals surface area contributed by atoms with Crippen LogP contribution in [0.15, 0.2) is 18.2 Å². The van der Waals surface area contributed by atoms with E-state index in [-0.39, 0.29) is 5.82 Å². The molecule has 0 fully saturated rings. The minimum atomic E-state index is -3.10. The van der Waals surface area contributed by atoms with Crippen molar-refractivity contribution in [3.63, 3.8) is 0 Å². The van der Waals surface area contributed by atoms with E-state index in [9.17, 15) is 12.8 Å². The first-order valence-corrected chi connectivity index (χ1v) is 8.60. The fourth-order valence-corrected chi connectivity index (χ4v) is 2.95. The molecule has 20 heavy (non-hydrogen) atoms. The Morgan fingerprint density at radius 3 is 2.60 bits per heavy atom. The van der Waals surface area contributed by atoms with Gasteiger partial charge in [-0.1, -0.05) is 13.0 Å². The first-order valence-electron chi connectivity index (χ1n) is 6.75. The SMILES string of the molecule is CCN(CCCNCc1ccc(F)cc1C)S(C)(=O)=O.